The van der Waals surface area contributed by atoms with Gasteiger partial charge in [0, 0.05) is 19.8 Å². The lowest BCUT2D eigenvalue weighted by Crippen LogP contribution is -2.60. The van der Waals surface area contributed by atoms with Crippen LogP contribution in [0.1, 0.15) is 19.3 Å². The third-order valence-corrected chi connectivity index (χ3v) is 81.3. The standard InChI is InChI=1S/C47H117O22Si18/c1-70-54-72(3)59-84(18,31-22-25-48-39-45-42-51-45)62-75(56-70)28-34-78(6,7)65-82(14,15)66-80(10,11)36-30-77-58-74(5)61-87(21,69-86(20,64-77)33-24-27-50-41-47-44-53-47)38-37-81(12,13)68-83(16,17)67-79(8,9)35-29-76-57-71(2)55-73(4)60-85(19,63-76)32-23-26-49-40-46-43-52-46/h45-47,70-74H,22-44H2,1-21H3. The number of ether oxygens (including phenoxy) is 6. The molecule has 0 spiro atoms. The lowest BCUT2D eigenvalue weighted by molar-refractivity contribution is 0.115. The Morgan fingerprint density at radius 3 is 1.03 bits per heavy atom. The Morgan fingerprint density at radius 1 is 0.391 bits per heavy atom. The molecule has 12 atom stereocenters. The number of hydrogen-bond donors (Lipinski definition) is 0. The first-order chi connectivity index (χ1) is 40.3. The molecule has 0 amide bonds. The quantitative estimate of drug-likeness (QED) is 0.0320. The summed E-state index contributed by atoms with van der Waals surface area (Å²) in [4.78, 5) is 0. The van der Waals surface area contributed by atoms with Crippen molar-refractivity contribution in [2.45, 2.75) is 242 Å². The maximum Gasteiger partial charge on any atom is 0.365 e. The molecule has 6 aliphatic heterocycles. The van der Waals surface area contributed by atoms with E-state index in [1.54, 1.807) is 0 Å². The van der Waals surface area contributed by atoms with E-state index in [-0.39, 0.29) is 18.3 Å². The van der Waals surface area contributed by atoms with Gasteiger partial charge in [-0.1, -0.05) is 0 Å². The van der Waals surface area contributed by atoms with Gasteiger partial charge in [-0.3, -0.25) is 0 Å². The van der Waals surface area contributed by atoms with Crippen LogP contribution in [0.25, 0.3) is 0 Å². The highest BCUT2D eigenvalue weighted by atomic mass is 28.5. The Labute approximate surface area is 550 Å². The molecule has 6 fully saturated rings. The third kappa shape index (κ3) is 32.5. The maximum absolute atomic E-state index is 7.48. The van der Waals surface area contributed by atoms with Crippen LogP contribution in [0.4, 0.5) is 0 Å². The molecule has 22 nitrogen and oxygen atoms in total. The fourth-order valence-corrected chi connectivity index (χ4v) is 92.4. The van der Waals surface area contributed by atoms with Crippen LogP contribution in [0, 0.1) is 0 Å². The van der Waals surface area contributed by atoms with Crippen LogP contribution in [0.5, 0.6) is 0 Å². The highest BCUT2D eigenvalue weighted by molar-refractivity contribution is 6.92. The van der Waals surface area contributed by atoms with Gasteiger partial charge < -0.3 is 94.3 Å². The van der Waals surface area contributed by atoms with Gasteiger partial charge in [0.1, 0.15) is 18.3 Å². The summed E-state index contributed by atoms with van der Waals surface area (Å²) in [7, 11) is -39.7. The van der Waals surface area contributed by atoms with Gasteiger partial charge in [-0.05, 0) is 223 Å². The van der Waals surface area contributed by atoms with Crippen LogP contribution in [0.2, 0.25) is 204 Å². The predicted molar refractivity (Wildman–Crippen MR) is 379 cm³/mol. The molecule has 0 aliphatic carbocycles. The van der Waals surface area contributed by atoms with Crippen LogP contribution >= 0.6 is 0 Å². The van der Waals surface area contributed by atoms with Crippen molar-refractivity contribution in [3.05, 3.63) is 0 Å². The van der Waals surface area contributed by atoms with E-state index < -0.39 is 159 Å². The molecular formula is C47H117O22Si18. The summed E-state index contributed by atoms with van der Waals surface area (Å²) in [6, 6.07) is 9.32. The normalized spacial score (nSPS) is 33.3. The van der Waals surface area contributed by atoms with Gasteiger partial charge in [-0.2, -0.15) is 0 Å². The third-order valence-electron chi connectivity index (χ3n) is 15.3. The predicted octanol–water partition coefficient (Wildman–Crippen LogP) is 8.94. The van der Waals surface area contributed by atoms with Crippen molar-refractivity contribution in [3.8, 4) is 0 Å². The Balaban J connectivity index is 1.00. The summed E-state index contributed by atoms with van der Waals surface area (Å²) in [6.07, 6.45) is 3.34. The summed E-state index contributed by atoms with van der Waals surface area (Å²) in [6.45, 7) is 53.1. The Morgan fingerprint density at radius 2 is 0.690 bits per heavy atom. The first-order valence-electron chi connectivity index (χ1n) is 32.4. The molecule has 509 valence electrons. The molecule has 0 aromatic heterocycles. The summed E-state index contributed by atoms with van der Waals surface area (Å²) in [5.74, 6) is 0. The lowest BCUT2D eigenvalue weighted by atomic mass is 10.5. The van der Waals surface area contributed by atoms with Gasteiger partial charge in [0.2, 0.25) is 0 Å². The molecule has 40 heteroatoms. The second-order valence-corrected chi connectivity index (χ2v) is 85.0. The molecule has 0 bridgehead atoms. The minimum absolute atomic E-state index is 0.221. The molecule has 0 aromatic rings. The fourth-order valence-electron chi connectivity index (χ4n) is 11.7. The zero-order chi connectivity index (χ0) is 64.2. The van der Waals surface area contributed by atoms with Crippen LogP contribution < -0.4 is 0 Å². The molecule has 12 unspecified atom stereocenters. The minimum atomic E-state index is -2.85. The van der Waals surface area contributed by atoms with Gasteiger partial charge in [-0.25, -0.2) is 0 Å². The minimum Gasteiger partial charge on any atom is -0.437 e. The Bertz CT molecular complexity index is 2050. The fraction of sp³-hybridized carbons (Fsp3) is 1.00. The molecular weight excluding hydrogens is 1420 g/mol. The molecule has 0 aromatic carbocycles. The molecule has 6 rings (SSSR count). The molecule has 0 N–H and O–H groups in total. The van der Waals surface area contributed by atoms with E-state index in [1.165, 1.54) is 0 Å². The molecule has 3 radical (unpaired) electrons. The van der Waals surface area contributed by atoms with E-state index in [4.69, 9.17) is 94.3 Å². The molecule has 87 heavy (non-hydrogen) atoms. The average Bonchev–Trinajstić information content (AvgIpc) is 2.18. The van der Waals surface area contributed by atoms with E-state index in [0.717, 1.165) is 106 Å². The largest absolute Gasteiger partial charge is 0.437 e. The summed E-state index contributed by atoms with van der Waals surface area (Å²) in [5.41, 5.74) is 0. The van der Waals surface area contributed by atoms with Gasteiger partial charge in [0.25, 0.3) is 46.4 Å². The summed E-state index contributed by atoms with van der Waals surface area (Å²) >= 11 is 0. The van der Waals surface area contributed by atoms with Gasteiger partial charge >= 0.3 is 79.2 Å². The van der Waals surface area contributed by atoms with E-state index in [1.807, 2.05) is 0 Å². The first kappa shape index (κ1) is 79.0. The van der Waals surface area contributed by atoms with Crippen LogP contribution in [0.3, 0.4) is 0 Å². The smallest absolute Gasteiger partial charge is 0.365 e. The summed E-state index contributed by atoms with van der Waals surface area (Å²) in [5, 5.41) is 0. The van der Waals surface area contributed by atoms with Crippen LogP contribution in [0.15, 0.2) is 0 Å². The second kappa shape index (κ2) is 34.7. The van der Waals surface area contributed by atoms with Crippen molar-refractivity contribution in [1.29, 1.82) is 0 Å². The average molecular weight is 1540 g/mol. The lowest BCUT2D eigenvalue weighted by Gasteiger charge is -2.45. The highest BCUT2D eigenvalue weighted by Gasteiger charge is 2.52. The number of rotatable bonds is 38. The van der Waals surface area contributed by atoms with Gasteiger partial charge in [-0.15, -0.1) is 0 Å². The van der Waals surface area contributed by atoms with E-state index in [2.05, 4.69) is 137 Å². The van der Waals surface area contributed by atoms with Crippen molar-refractivity contribution in [2.75, 3.05) is 59.5 Å². The van der Waals surface area contributed by atoms with Crippen LogP contribution in [-0.4, -0.2) is 237 Å². The topological polar surface area (TPSA) is 213 Å². The molecule has 6 saturated heterocycles. The van der Waals surface area contributed by atoms with Gasteiger partial charge in [0.05, 0.1) is 39.6 Å². The molecule has 6 aliphatic rings. The summed E-state index contributed by atoms with van der Waals surface area (Å²) < 4.78 is 145. The first-order valence-corrected chi connectivity index (χ1v) is 75.6. The van der Waals surface area contributed by atoms with E-state index >= 15 is 0 Å². The van der Waals surface area contributed by atoms with Crippen molar-refractivity contribution in [2.24, 2.45) is 0 Å². The zero-order valence-electron chi connectivity index (χ0n) is 57.4. The van der Waals surface area contributed by atoms with E-state index in [9.17, 15) is 0 Å². The van der Waals surface area contributed by atoms with Crippen molar-refractivity contribution < 1.29 is 94.3 Å². The zero-order valence-corrected chi connectivity index (χ0v) is 76.1. The highest BCUT2D eigenvalue weighted by Crippen LogP contribution is 2.37. The molecule has 6 heterocycles. The monoisotopic (exact) mass is 1540 g/mol. The van der Waals surface area contributed by atoms with Crippen LogP contribution in [-0.2, 0) is 94.3 Å². The second-order valence-electron chi connectivity index (χ2n) is 28.5. The number of hydrogen-bond acceptors (Lipinski definition) is 22. The van der Waals surface area contributed by atoms with Gasteiger partial charge in [0.15, 0.2) is 33.3 Å². The number of epoxide rings is 3. The maximum atomic E-state index is 7.48. The van der Waals surface area contributed by atoms with Crippen molar-refractivity contribution in [1.82, 2.24) is 0 Å². The van der Waals surface area contributed by atoms with Crippen molar-refractivity contribution >= 4 is 159 Å². The Hall–Kier alpha value is 3.02. The molecule has 0 saturated carbocycles. The SMILES string of the molecule is C[SiH]1O[Si](CC[Si](C)(C)O[Si](C)(C)O[Si](C)(C)CC[Si]2O[SiH](C)O[Si](C)(CC[Si](C)(C)O[Si](C)(C)O[Si](C)(C)CC[Si]3O[SiH](C)O[SiH](C)O[Si](C)(CCCOCC4CO4)O3)O[Si](C)(CCCOCC3CO3)O2)O[Si](C)(CCCOCC2CO2)O[SiH](C)O1. The van der Waals surface area contributed by atoms with E-state index in [0.29, 0.717) is 39.6 Å². The van der Waals surface area contributed by atoms with Crippen molar-refractivity contribution in [3.63, 3.8) is 0 Å². The Kier molecular flexibility index (Phi) is 31.5.